The molecule has 41 heavy (non-hydrogen) atoms. The maximum Gasteiger partial charge on any atom is 0.350 e. The number of H-pyrrole nitrogens is 1. The Morgan fingerprint density at radius 2 is 1.90 bits per heavy atom. The number of amidine groups is 1. The molecule has 0 aliphatic carbocycles. The number of aromatic nitrogens is 5. The van der Waals surface area contributed by atoms with Gasteiger partial charge in [0.1, 0.15) is 29.5 Å². The molecule has 0 amide bonds. The van der Waals surface area contributed by atoms with E-state index in [4.69, 9.17) is 35.3 Å². The van der Waals surface area contributed by atoms with Gasteiger partial charge in [-0.25, -0.2) is 14.8 Å². The second-order valence-electron chi connectivity index (χ2n) is 8.91. The van der Waals surface area contributed by atoms with Crippen LogP contribution < -0.4 is 26.2 Å². The van der Waals surface area contributed by atoms with Crippen LogP contribution in [0.5, 0.6) is 11.5 Å². The van der Waals surface area contributed by atoms with Crippen LogP contribution in [0.3, 0.4) is 0 Å². The van der Waals surface area contributed by atoms with Gasteiger partial charge in [-0.05, 0) is 48.0 Å². The van der Waals surface area contributed by atoms with Gasteiger partial charge < -0.3 is 30.4 Å². The van der Waals surface area contributed by atoms with E-state index in [1.165, 1.54) is 12.4 Å². The van der Waals surface area contributed by atoms with Crippen molar-refractivity contribution in [2.75, 3.05) is 25.6 Å². The third-order valence-electron chi connectivity index (χ3n) is 5.82. The van der Waals surface area contributed by atoms with E-state index in [0.717, 1.165) is 29.3 Å². The van der Waals surface area contributed by atoms with Gasteiger partial charge in [-0.3, -0.25) is 15.2 Å². The number of nitrogen functional groups attached to an aromatic ring is 1. The molecule has 2 aromatic carbocycles. The number of aliphatic carboxylic acids is 1. The van der Waals surface area contributed by atoms with Crippen molar-refractivity contribution in [3.8, 4) is 17.4 Å². The van der Waals surface area contributed by atoms with Crippen molar-refractivity contribution in [2.45, 2.75) is 25.5 Å². The molecule has 1 unspecified atom stereocenters. The van der Waals surface area contributed by atoms with Crippen LogP contribution in [-0.2, 0) is 9.53 Å². The zero-order valence-electron chi connectivity index (χ0n) is 22.4. The molecular formula is C27H30N8O6. The van der Waals surface area contributed by atoms with E-state index in [1.54, 1.807) is 43.5 Å². The Morgan fingerprint density at radius 1 is 1.22 bits per heavy atom. The van der Waals surface area contributed by atoms with Gasteiger partial charge in [0.05, 0.1) is 20.3 Å². The van der Waals surface area contributed by atoms with Gasteiger partial charge >= 0.3 is 5.69 Å². The third-order valence-corrected chi connectivity index (χ3v) is 5.82. The molecule has 6 N–H and O–H groups in total. The Kier molecular flexibility index (Phi) is 9.27. The zero-order valence-corrected chi connectivity index (χ0v) is 22.4. The van der Waals surface area contributed by atoms with Crippen molar-refractivity contribution in [3.05, 3.63) is 88.4 Å². The van der Waals surface area contributed by atoms with Crippen LogP contribution in [0.2, 0.25) is 0 Å². The summed E-state index contributed by atoms with van der Waals surface area (Å²) in [5.41, 5.74) is 7.16. The zero-order chi connectivity index (χ0) is 29.4. The molecule has 0 bridgehead atoms. The number of ether oxygens (including phenoxy) is 3. The maximum atomic E-state index is 12.8. The Balaban J connectivity index is 0.000000909. The number of carboxylic acids is 1. The number of nitrogens with one attached hydrogen (secondary N) is 3. The summed E-state index contributed by atoms with van der Waals surface area (Å²) in [6.45, 7) is 2.26. The fraction of sp³-hybridized carbons (Fsp3) is 0.259. The van der Waals surface area contributed by atoms with Gasteiger partial charge in [0.15, 0.2) is 5.82 Å². The first-order valence-electron chi connectivity index (χ1n) is 12.5. The molecule has 1 saturated heterocycles. The normalized spacial score (nSPS) is 14.8. The molecule has 14 nitrogen and oxygen atoms in total. The molecule has 1 aliphatic rings. The van der Waals surface area contributed by atoms with Crippen LogP contribution in [-0.4, -0.2) is 68.1 Å². The van der Waals surface area contributed by atoms with E-state index in [2.05, 4.69) is 25.4 Å². The lowest BCUT2D eigenvalue weighted by molar-refractivity contribution is -0.134. The number of benzene rings is 2. The quantitative estimate of drug-likeness (QED) is 0.148. The molecule has 2 atom stereocenters. The first kappa shape index (κ1) is 28.8. The molecule has 4 aromatic rings. The van der Waals surface area contributed by atoms with E-state index in [-0.39, 0.29) is 17.9 Å². The molecule has 3 heterocycles. The molecule has 0 spiro atoms. The largest absolute Gasteiger partial charge is 0.497 e. The topological polar surface area (TPSA) is 203 Å². The van der Waals surface area contributed by atoms with Gasteiger partial charge in [-0.15, -0.1) is 9.78 Å². The van der Waals surface area contributed by atoms with E-state index < -0.39 is 17.7 Å². The van der Waals surface area contributed by atoms with Crippen molar-refractivity contribution >= 4 is 17.5 Å². The average molecular weight is 563 g/mol. The van der Waals surface area contributed by atoms with Crippen LogP contribution in [0.15, 0.2) is 65.7 Å². The highest BCUT2D eigenvalue weighted by atomic mass is 16.5. The Labute approximate surface area is 234 Å². The Hall–Kier alpha value is -5.24. The number of nitrogens with zero attached hydrogens (tertiary/aromatic N) is 4. The van der Waals surface area contributed by atoms with Crippen LogP contribution in [0.1, 0.15) is 36.3 Å². The average Bonchev–Trinajstić information content (AvgIpc) is 3.61. The molecule has 5 rings (SSSR count). The van der Waals surface area contributed by atoms with E-state index >= 15 is 0 Å². The first-order chi connectivity index (χ1) is 19.7. The van der Waals surface area contributed by atoms with Crippen LogP contribution in [0.25, 0.3) is 5.95 Å². The minimum Gasteiger partial charge on any atom is -0.497 e. The standard InChI is InChI=1S/C25H26N8O4.C2H4O2/c1-35-19-11-16(12-20(13-19)37-18-7-10-36-14-18)21(30-17-5-3-15(4-6-17)22(26)27)23-31-25(34)33(32-23)24-28-8-2-9-29-24;1-2(3)4/h2-6,8-9,11-13,18,21,30H,7,10,14H2,1H3,(H3,26,27)(H,31,32,34);1H3,(H,3,4)/t18-,21?;/m0./s1. The number of carboxylic acid groups (broad SMARTS) is 1. The number of anilines is 1. The van der Waals surface area contributed by atoms with Crippen LogP contribution in [0, 0.1) is 5.41 Å². The number of rotatable bonds is 9. The molecule has 1 fully saturated rings. The predicted molar refractivity (Wildman–Crippen MR) is 149 cm³/mol. The van der Waals surface area contributed by atoms with Crippen LogP contribution in [0.4, 0.5) is 5.69 Å². The lowest BCUT2D eigenvalue weighted by Gasteiger charge is -2.21. The van der Waals surface area contributed by atoms with Crippen molar-refractivity contribution in [3.63, 3.8) is 0 Å². The Bertz CT molecular complexity index is 1530. The highest BCUT2D eigenvalue weighted by Gasteiger charge is 2.24. The van der Waals surface area contributed by atoms with Gasteiger partial charge in [0.25, 0.3) is 11.9 Å². The van der Waals surface area contributed by atoms with Crippen molar-refractivity contribution in [1.82, 2.24) is 24.7 Å². The number of carbonyl (C=O) groups is 1. The summed E-state index contributed by atoms with van der Waals surface area (Å²) >= 11 is 0. The summed E-state index contributed by atoms with van der Waals surface area (Å²) < 4.78 is 18.2. The fourth-order valence-corrected chi connectivity index (χ4v) is 3.97. The number of methoxy groups -OCH3 is 1. The van der Waals surface area contributed by atoms with Gasteiger partial charge in [-0.2, -0.15) is 0 Å². The number of hydrogen-bond acceptors (Lipinski definition) is 10. The summed E-state index contributed by atoms with van der Waals surface area (Å²) in [6.07, 6.45) is 3.81. The third kappa shape index (κ3) is 7.67. The van der Waals surface area contributed by atoms with Gasteiger partial charge in [-0.1, -0.05) is 0 Å². The van der Waals surface area contributed by atoms with Crippen LogP contribution >= 0.6 is 0 Å². The summed E-state index contributed by atoms with van der Waals surface area (Å²) in [6, 6.07) is 13.6. The molecule has 14 heteroatoms. The highest BCUT2D eigenvalue weighted by molar-refractivity contribution is 5.95. The summed E-state index contributed by atoms with van der Waals surface area (Å²) in [7, 11) is 1.58. The number of nitrogens with two attached hydrogens (primary N) is 1. The van der Waals surface area contributed by atoms with E-state index in [9.17, 15) is 4.79 Å². The SMILES string of the molecule is CC(=O)O.COc1cc(O[C@H]2CCOC2)cc(C(Nc2ccc(C(=N)N)cc2)c2nn(-c3ncccn3)c(=O)[nH]2)c1. The monoisotopic (exact) mass is 562 g/mol. The molecular weight excluding hydrogens is 532 g/mol. The van der Waals surface area contributed by atoms with E-state index in [0.29, 0.717) is 36.1 Å². The molecule has 1 aliphatic heterocycles. The molecule has 0 saturated carbocycles. The van der Waals surface area contributed by atoms with Gasteiger partial charge in [0, 0.05) is 43.1 Å². The summed E-state index contributed by atoms with van der Waals surface area (Å²) in [5.74, 6) is 0.807. The van der Waals surface area contributed by atoms with Crippen molar-refractivity contribution in [2.24, 2.45) is 5.73 Å². The molecule has 214 valence electrons. The predicted octanol–water partition coefficient (Wildman–Crippen LogP) is 2.10. The second-order valence-corrected chi connectivity index (χ2v) is 8.91. The fourth-order valence-electron chi connectivity index (χ4n) is 3.97. The molecule has 0 radical (unpaired) electrons. The second kappa shape index (κ2) is 13.2. The van der Waals surface area contributed by atoms with Gasteiger partial charge in [0.2, 0.25) is 0 Å². The highest BCUT2D eigenvalue weighted by Crippen LogP contribution is 2.32. The van der Waals surface area contributed by atoms with Crippen molar-refractivity contribution in [1.29, 1.82) is 5.41 Å². The molecule has 2 aromatic heterocycles. The lowest BCUT2D eigenvalue weighted by Crippen LogP contribution is -2.18. The summed E-state index contributed by atoms with van der Waals surface area (Å²) in [5, 5.41) is 23.0. The van der Waals surface area contributed by atoms with E-state index in [1.807, 2.05) is 12.1 Å². The minimum atomic E-state index is -0.833. The minimum absolute atomic E-state index is 0.0282. The summed E-state index contributed by atoms with van der Waals surface area (Å²) in [4.78, 5) is 32.9. The Morgan fingerprint density at radius 3 is 2.51 bits per heavy atom. The number of hydrogen-bond donors (Lipinski definition) is 5. The lowest BCUT2D eigenvalue weighted by atomic mass is 10.0. The maximum absolute atomic E-state index is 12.8. The smallest absolute Gasteiger partial charge is 0.350 e. The first-order valence-corrected chi connectivity index (χ1v) is 12.5. The number of aromatic amines is 1. The van der Waals surface area contributed by atoms with Crippen molar-refractivity contribution < 1.29 is 24.1 Å².